The molecule has 1 aliphatic carbocycles. The van der Waals surface area contributed by atoms with E-state index in [-0.39, 0.29) is 33.5 Å². The fourth-order valence-corrected chi connectivity index (χ4v) is 7.08. The molecule has 0 spiro atoms. The molecule has 6 rings (SSSR count). The van der Waals surface area contributed by atoms with Crippen molar-refractivity contribution in [2.75, 3.05) is 57.1 Å². The first-order valence-electron chi connectivity index (χ1n) is 13.8. The summed E-state index contributed by atoms with van der Waals surface area (Å²) in [5.74, 6) is 0.561. The Morgan fingerprint density at radius 1 is 1.05 bits per heavy atom. The predicted octanol–water partition coefficient (Wildman–Crippen LogP) is 4.39. The molecule has 3 N–H and O–H groups in total. The lowest BCUT2D eigenvalue weighted by atomic mass is 10.0. The van der Waals surface area contributed by atoms with Gasteiger partial charge < -0.3 is 25.1 Å². The van der Waals surface area contributed by atoms with E-state index in [1.54, 1.807) is 6.07 Å². The maximum atomic E-state index is 13.6. The zero-order chi connectivity index (χ0) is 28.8. The van der Waals surface area contributed by atoms with Crippen LogP contribution in [0.2, 0.25) is 0 Å². The van der Waals surface area contributed by atoms with E-state index in [1.165, 1.54) is 29.6 Å². The molecule has 3 aromatic rings. The Hall–Kier alpha value is -3.07. The van der Waals surface area contributed by atoms with Gasteiger partial charge in [0.05, 0.1) is 41.9 Å². The normalized spacial score (nSPS) is 19.9. The van der Waals surface area contributed by atoms with Gasteiger partial charge in [-0.2, -0.15) is 17.5 Å². The van der Waals surface area contributed by atoms with E-state index < -0.39 is 21.8 Å². The number of aromatic nitrogens is 2. The Kier molecular flexibility index (Phi) is 7.51. The van der Waals surface area contributed by atoms with Crippen LogP contribution in [0.15, 0.2) is 35.4 Å². The first-order chi connectivity index (χ1) is 19.6. The molecule has 3 fully saturated rings. The molecule has 0 atom stereocenters. The molecule has 0 radical (unpaired) electrons. The Balaban J connectivity index is 1.22. The van der Waals surface area contributed by atoms with Crippen molar-refractivity contribution in [2.24, 2.45) is 0 Å². The maximum absolute atomic E-state index is 13.6. The average Bonchev–Trinajstić information content (AvgIpc) is 3.67. The summed E-state index contributed by atoms with van der Waals surface area (Å²) < 4.78 is 80.4. The number of aromatic amines is 1. The summed E-state index contributed by atoms with van der Waals surface area (Å²) in [7, 11) is -2.31. The van der Waals surface area contributed by atoms with Gasteiger partial charge in [0.25, 0.3) is 0 Å². The van der Waals surface area contributed by atoms with Gasteiger partial charge in [-0.3, -0.25) is 4.90 Å². The molecule has 3 aliphatic rings. The number of benzene rings is 1. The summed E-state index contributed by atoms with van der Waals surface area (Å²) in [4.78, 5) is 9.49. The molecule has 0 unspecified atom stereocenters. The van der Waals surface area contributed by atoms with Crippen molar-refractivity contribution < 1.29 is 31.1 Å². The quantitative estimate of drug-likeness (QED) is 0.352. The Morgan fingerprint density at radius 2 is 1.78 bits per heavy atom. The monoisotopic (exact) mass is 594 g/mol. The van der Waals surface area contributed by atoms with Gasteiger partial charge >= 0.3 is 6.18 Å². The van der Waals surface area contributed by atoms with Crippen LogP contribution in [0, 0.1) is 0 Å². The van der Waals surface area contributed by atoms with E-state index in [4.69, 9.17) is 9.47 Å². The van der Waals surface area contributed by atoms with Crippen molar-refractivity contribution >= 4 is 38.2 Å². The van der Waals surface area contributed by atoms with E-state index in [1.807, 2.05) is 0 Å². The van der Waals surface area contributed by atoms with Crippen molar-refractivity contribution in [1.29, 1.82) is 0 Å². The zero-order valence-electron chi connectivity index (χ0n) is 22.6. The van der Waals surface area contributed by atoms with Crippen molar-refractivity contribution in [3.63, 3.8) is 0 Å². The lowest BCUT2D eigenvalue weighted by Crippen LogP contribution is -2.50. The molecule has 2 aromatic heterocycles. The summed E-state index contributed by atoms with van der Waals surface area (Å²) >= 11 is 0. The molecule has 1 aromatic carbocycles. The van der Waals surface area contributed by atoms with Crippen LogP contribution >= 0.6 is 0 Å². The van der Waals surface area contributed by atoms with Crippen molar-refractivity contribution in [2.45, 2.75) is 48.8 Å². The van der Waals surface area contributed by atoms with Crippen LogP contribution in [-0.2, 0) is 20.9 Å². The smallest absolute Gasteiger partial charge is 0.418 e. The molecule has 0 bridgehead atoms. The molecule has 1 saturated carbocycles. The van der Waals surface area contributed by atoms with Crippen LogP contribution in [-0.4, -0.2) is 86.2 Å². The molecule has 222 valence electrons. The number of piperidine rings is 1. The van der Waals surface area contributed by atoms with Crippen molar-refractivity contribution in [1.82, 2.24) is 19.2 Å². The second kappa shape index (κ2) is 11.0. The third kappa shape index (κ3) is 5.83. The predicted molar refractivity (Wildman–Crippen MR) is 148 cm³/mol. The van der Waals surface area contributed by atoms with Gasteiger partial charge in [0.1, 0.15) is 17.2 Å². The summed E-state index contributed by atoms with van der Waals surface area (Å²) in [6, 6.07) is 6.55. The van der Waals surface area contributed by atoms with E-state index >= 15 is 0 Å². The number of hydrogen-bond donors (Lipinski definition) is 3. The Morgan fingerprint density at radius 3 is 2.44 bits per heavy atom. The molecular formula is C27H33F3N6O4S. The van der Waals surface area contributed by atoms with Crippen molar-refractivity contribution in [3.8, 4) is 5.75 Å². The highest BCUT2D eigenvalue weighted by atomic mass is 32.2. The van der Waals surface area contributed by atoms with Gasteiger partial charge in [-0.05, 0) is 37.8 Å². The maximum Gasteiger partial charge on any atom is 0.418 e. The minimum absolute atomic E-state index is 0.0132. The Bertz CT molecular complexity index is 1510. The number of morpholine rings is 1. The number of nitrogens with one attached hydrogen (secondary N) is 3. The SMILES string of the molecule is COc1cc(S(=O)(=O)N2CCC(N3CCOCC3)CC2)ccc1Nc1cc(NC2CC2)c2c(C(F)(F)F)c[nH]c2n1. The van der Waals surface area contributed by atoms with Crippen LogP contribution in [0.5, 0.6) is 5.75 Å². The third-order valence-electron chi connectivity index (χ3n) is 7.94. The molecule has 14 heteroatoms. The van der Waals surface area contributed by atoms with Gasteiger partial charge in [0, 0.05) is 62.3 Å². The first-order valence-corrected chi connectivity index (χ1v) is 15.2. The number of anilines is 3. The van der Waals surface area contributed by atoms with Gasteiger partial charge in [-0.25, -0.2) is 13.4 Å². The number of hydrogen-bond acceptors (Lipinski definition) is 8. The highest BCUT2D eigenvalue weighted by Gasteiger charge is 2.36. The minimum atomic E-state index is -4.53. The average molecular weight is 595 g/mol. The van der Waals surface area contributed by atoms with Crippen LogP contribution in [0.4, 0.5) is 30.4 Å². The highest BCUT2D eigenvalue weighted by Crippen LogP contribution is 2.41. The number of nitrogens with zero attached hydrogens (tertiary/aromatic N) is 3. The number of ether oxygens (including phenoxy) is 2. The number of halogens is 3. The van der Waals surface area contributed by atoms with Crippen LogP contribution in [0.3, 0.4) is 0 Å². The zero-order valence-corrected chi connectivity index (χ0v) is 23.4. The number of rotatable bonds is 8. The number of pyridine rings is 1. The summed E-state index contributed by atoms with van der Waals surface area (Å²) in [5.41, 5.74) is 0.0662. The second-order valence-electron chi connectivity index (χ2n) is 10.7. The van der Waals surface area contributed by atoms with Crippen molar-refractivity contribution in [3.05, 3.63) is 36.0 Å². The number of alkyl halides is 3. The molecule has 10 nitrogen and oxygen atoms in total. The number of H-pyrrole nitrogens is 1. The first kappa shape index (κ1) is 28.1. The second-order valence-corrected chi connectivity index (χ2v) is 12.6. The lowest BCUT2D eigenvalue weighted by molar-refractivity contribution is -0.136. The van der Waals surface area contributed by atoms with Gasteiger partial charge in [-0.1, -0.05) is 0 Å². The van der Waals surface area contributed by atoms with E-state index in [9.17, 15) is 21.6 Å². The molecule has 0 amide bonds. The van der Waals surface area contributed by atoms with E-state index in [0.29, 0.717) is 43.7 Å². The largest absolute Gasteiger partial charge is 0.495 e. The Labute approximate surface area is 236 Å². The number of fused-ring (bicyclic) bond motifs is 1. The van der Waals surface area contributed by atoms with Gasteiger partial charge in [-0.15, -0.1) is 0 Å². The summed E-state index contributed by atoms with van der Waals surface area (Å²) in [6.07, 6.45) is -0.326. The fourth-order valence-electron chi connectivity index (χ4n) is 5.60. The number of methoxy groups -OCH3 is 1. The van der Waals surface area contributed by atoms with Gasteiger partial charge in [0.15, 0.2) is 0 Å². The lowest BCUT2D eigenvalue weighted by Gasteiger charge is -2.39. The van der Waals surface area contributed by atoms with Crippen LogP contribution < -0.4 is 15.4 Å². The third-order valence-corrected chi connectivity index (χ3v) is 9.84. The summed E-state index contributed by atoms with van der Waals surface area (Å²) in [5, 5.41) is 6.26. The fraction of sp³-hybridized carbons (Fsp3) is 0.519. The molecule has 41 heavy (non-hydrogen) atoms. The molecule has 2 aliphatic heterocycles. The molecule has 4 heterocycles. The standard InChI is InChI=1S/C27H33F3N6O4S/c1-39-23-14-19(41(37,38)36-8-6-18(7-9-36)35-10-12-40-13-11-35)4-5-21(23)33-24-15-22(32-17-2-3-17)25-20(27(28,29)30)16-31-26(25)34-24/h4-5,14-18H,2-3,6-13H2,1H3,(H3,31,32,33,34). The van der Waals surface area contributed by atoms with Crippen LogP contribution in [0.1, 0.15) is 31.2 Å². The van der Waals surface area contributed by atoms with Gasteiger partial charge in [0.2, 0.25) is 10.0 Å². The van der Waals surface area contributed by atoms with Crippen LogP contribution in [0.25, 0.3) is 11.0 Å². The van der Waals surface area contributed by atoms with E-state index in [2.05, 4.69) is 25.5 Å². The molecular weight excluding hydrogens is 561 g/mol. The topological polar surface area (TPSA) is 112 Å². The molecule has 2 saturated heterocycles. The summed E-state index contributed by atoms with van der Waals surface area (Å²) in [6.45, 7) is 4.03. The highest BCUT2D eigenvalue weighted by molar-refractivity contribution is 7.89. The number of sulfonamides is 1. The minimum Gasteiger partial charge on any atom is -0.495 e. The van der Waals surface area contributed by atoms with E-state index in [0.717, 1.165) is 45.0 Å².